The molecule has 160 valence electrons. The van der Waals surface area contributed by atoms with E-state index in [4.69, 9.17) is 4.74 Å². The number of esters is 1. The lowest BCUT2D eigenvalue weighted by Crippen LogP contribution is -2.33. The Morgan fingerprint density at radius 2 is 1.57 bits per heavy atom. The van der Waals surface area contributed by atoms with Crippen molar-refractivity contribution in [3.05, 3.63) is 0 Å². The molecule has 0 atom stereocenters. The zero-order valence-corrected chi connectivity index (χ0v) is 18.5. The lowest BCUT2D eigenvalue weighted by molar-refractivity contribution is -0.158. The predicted octanol–water partition coefficient (Wildman–Crippen LogP) is 7.34. The van der Waals surface area contributed by atoms with Crippen LogP contribution in [0.15, 0.2) is 0 Å². The van der Waals surface area contributed by atoms with Gasteiger partial charge in [-0.15, -0.1) is 0 Å². The van der Waals surface area contributed by atoms with Crippen LogP contribution in [-0.2, 0) is 9.53 Å². The standard InChI is InChI=1S/C25H43NO2/c1-3-5-7-8-10-21-11-13-22(14-12-21)24(27)28-23-15-18-25(20-26,19-16-23)17-9-6-4-2/h21-23H,3-19H2,1-2H3/t21-,22-,23-,25+. The van der Waals surface area contributed by atoms with Crippen molar-refractivity contribution >= 4 is 5.97 Å². The molecule has 0 spiro atoms. The number of carbonyl (C=O) groups is 1. The van der Waals surface area contributed by atoms with Crippen LogP contribution in [0, 0.1) is 28.6 Å². The molecule has 0 N–H and O–H groups in total. The second-order valence-corrected chi connectivity index (χ2v) is 9.55. The molecule has 0 aliphatic heterocycles. The van der Waals surface area contributed by atoms with Crippen molar-refractivity contribution in [1.29, 1.82) is 5.26 Å². The number of ether oxygens (including phenoxy) is 1. The van der Waals surface area contributed by atoms with E-state index in [-0.39, 0.29) is 23.4 Å². The number of nitriles is 1. The van der Waals surface area contributed by atoms with E-state index in [1.807, 2.05) is 0 Å². The van der Waals surface area contributed by atoms with Crippen molar-refractivity contribution in [2.75, 3.05) is 0 Å². The first-order valence-electron chi connectivity index (χ1n) is 12.2. The van der Waals surface area contributed by atoms with Gasteiger partial charge in [-0.25, -0.2) is 0 Å². The molecule has 0 bridgehead atoms. The summed E-state index contributed by atoms with van der Waals surface area (Å²) < 4.78 is 5.89. The molecule has 3 nitrogen and oxygen atoms in total. The van der Waals surface area contributed by atoms with E-state index in [1.165, 1.54) is 57.8 Å². The minimum atomic E-state index is -0.159. The quantitative estimate of drug-likeness (QED) is 0.274. The van der Waals surface area contributed by atoms with Crippen LogP contribution >= 0.6 is 0 Å². The van der Waals surface area contributed by atoms with Crippen LogP contribution in [0.25, 0.3) is 0 Å². The Labute approximate surface area is 173 Å². The first-order valence-corrected chi connectivity index (χ1v) is 12.2. The van der Waals surface area contributed by atoms with E-state index in [1.54, 1.807) is 0 Å². The Balaban J connectivity index is 1.66. The van der Waals surface area contributed by atoms with Crippen LogP contribution in [0.1, 0.15) is 123 Å². The van der Waals surface area contributed by atoms with Gasteiger partial charge in [0.25, 0.3) is 0 Å². The Kier molecular flexibility index (Phi) is 10.4. The highest BCUT2D eigenvalue weighted by atomic mass is 16.5. The Morgan fingerprint density at radius 3 is 2.18 bits per heavy atom. The molecule has 0 aromatic carbocycles. The van der Waals surface area contributed by atoms with E-state index < -0.39 is 0 Å². The van der Waals surface area contributed by atoms with Crippen LogP contribution in [0.4, 0.5) is 0 Å². The maximum atomic E-state index is 12.6. The van der Waals surface area contributed by atoms with Crippen molar-refractivity contribution in [3.8, 4) is 6.07 Å². The van der Waals surface area contributed by atoms with Gasteiger partial charge < -0.3 is 4.74 Å². The Hall–Kier alpha value is -1.04. The maximum Gasteiger partial charge on any atom is 0.309 e. The number of nitrogens with zero attached hydrogens (tertiary/aromatic N) is 1. The smallest absolute Gasteiger partial charge is 0.309 e. The molecule has 0 unspecified atom stereocenters. The van der Waals surface area contributed by atoms with Gasteiger partial charge in [0.1, 0.15) is 6.10 Å². The summed E-state index contributed by atoms with van der Waals surface area (Å²) in [5, 5.41) is 9.67. The molecule has 0 amide bonds. The summed E-state index contributed by atoms with van der Waals surface area (Å²) in [6, 6.07) is 2.60. The van der Waals surface area contributed by atoms with Crippen LogP contribution in [0.5, 0.6) is 0 Å². The van der Waals surface area contributed by atoms with Crippen LogP contribution in [-0.4, -0.2) is 12.1 Å². The van der Waals surface area contributed by atoms with Crippen molar-refractivity contribution in [1.82, 2.24) is 0 Å². The number of hydrogen-bond donors (Lipinski definition) is 0. The number of rotatable bonds is 11. The molecular formula is C25H43NO2. The minimum absolute atomic E-state index is 0.0462. The molecule has 0 radical (unpaired) electrons. The second kappa shape index (κ2) is 12.5. The summed E-state index contributed by atoms with van der Waals surface area (Å²) in [7, 11) is 0. The third-order valence-corrected chi connectivity index (χ3v) is 7.31. The SMILES string of the molecule is CCCCCC[C@H]1CC[C@H](C(=O)O[C@H]2CC[C@](C#N)(CCCCC)CC2)CC1. The largest absolute Gasteiger partial charge is 0.462 e. The summed E-state index contributed by atoms with van der Waals surface area (Å²) in [6.45, 7) is 4.46. The van der Waals surface area contributed by atoms with Crippen molar-refractivity contribution in [2.45, 2.75) is 129 Å². The van der Waals surface area contributed by atoms with E-state index in [0.29, 0.717) is 0 Å². The van der Waals surface area contributed by atoms with Crippen LogP contribution in [0.3, 0.4) is 0 Å². The van der Waals surface area contributed by atoms with Crippen molar-refractivity contribution < 1.29 is 9.53 Å². The summed E-state index contributed by atoms with van der Waals surface area (Å²) >= 11 is 0. The third kappa shape index (κ3) is 7.41. The molecular weight excluding hydrogens is 346 g/mol. The summed E-state index contributed by atoms with van der Waals surface area (Å²) in [5.74, 6) is 0.999. The monoisotopic (exact) mass is 389 g/mol. The molecule has 2 fully saturated rings. The Morgan fingerprint density at radius 1 is 0.929 bits per heavy atom. The van der Waals surface area contributed by atoms with E-state index in [9.17, 15) is 10.1 Å². The molecule has 2 rings (SSSR count). The first kappa shape index (κ1) is 23.2. The van der Waals surface area contributed by atoms with Gasteiger partial charge >= 0.3 is 5.97 Å². The summed E-state index contributed by atoms with van der Waals surface area (Å²) in [5.41, 5.74) is -0.159. The van der Waals surface area contributed by atoms with Gasteiger partial charge in [0.2, 0.25) is 0 Å². The van der Waals surface area contributed by atoms with Gasteiger partial charge in [-0.3, -0.25) is 4.79 Å². The highest BCUT2D eigenvalue weighted by Gasteiger charge is 2.37. The maximum absolute atomic E-state index is 12.6. The molecule has 0 heterocycles. The average Bonchev–Trinajstić information content (AvgIpc) is 2.73. The van der Waals surface area contributed by atoms with Crippen molar-refractivity contribution in [3.63, 3.8) is 0 Å². The van der Waals surface area contributed by atoms with E-state index in [0.717, 1.165) is 57.3 Å². The lowest BCUT2D eigenvalue weighted by Gasteiger charge is -2.35. The molecule has 0 aromatic heterocycles. The van der Waals surface area contributed by atoms with Gasteiger partial charge in [-0.2, -0.15) is 5.26 Å². The molecule has 2 saturated carbocycles. The first-order chi connectivity index (χ1) is 13.6. The highest BCUT2D eigenvalue weighted by Crippen LogP contribution is 2.41. The lowest BCUT2D eigenvalue weighted by atomic mass is 9.71. The Bertz CT molecular complexity index is 479. The van der Waals surface area contributed by atoms with E-state index >= 15 is 0 Å². The average molecular weight is 390 g/mol. The number of hydrogen-bond acceptors (Lipinski definition) is 3. The van der Waals surface area contributed by atoms with Gasteiger partial charge in [0.15, 0.2) is 0 Å². The van der Waals surface area contributed by atoms with Crippen LogP contribution in [0.2, 0.25) is 0 Å². The topological polar surface area (TPSA) is 50.1 Å². The second-order valence-electron chi connectivity index (χ2n) is 9.55. The van der Waals surface area contributed by atoms with Crippen LogP contribution < -0.4 is 0 Å². The molecule has 0 saturated heterocycles. The molecule has 3 heteroatoms. The highest BCUT2D eigenvalue weighted by molar-refractivity contribution is 5.72. The number of carbonyl (C=O) groups excluding carboxylic acids is 1. The van der Waals surface area contributed by atoms with Gasteiger partial charge in [-0.1, -0.05) is 65.2 Å². The number of unbranched alkanes of at least 4 members (excludes halogenated alkanes) is 5. The third-order valence-electron chi connectivity index (χ3n) is 7.31. The summed E-state index contributed by atoms with van der Waals surface area (Å²) in [4.78, 5) is 12.6. The molecule has 2 aliphatic carbocycles. The zero-order valence-electron chi connectivity index (χ0n) is 18.5. The van der Waals surface area contributed by atoms with Gasteiger partial charge in [0, 0.05) is 0 Å². The fraction of sp³-hybridized carbons (Fsp3) is 0.920. The molecule has 0 aromatic rings. The van der Waals surface area contributed by atoms with Gasteiger partial charge in [0.05, 0.1) is 17.4 Å². The van der Waals surface area contributed by atoms with Crippen molar-refractivity contribution in [2.24, 2.45) is 17.3 Å². The molecule has 28 heavy (non-hydrogen) atoms. The molecule has 2 aliphatic rings. The zero-order chi connectivity index (χ0) is 20.2. The summed E-state index contributed by atoms with van der Waals surface area (Å²) in [6.07, 6.45) is 19.3. The normalized spacial score (nSPS) is 30.5. The fourth-order valence-electron chi connectivity index (χ4n) is 5.20. The van der Waals surface area contributed by atoms with Gasteiger partial charge in [-0.05, 0) is 63.7 Å². The fourth-order valence-corrected chi connectivity index (χ4v) is 5.20. The minimum Gasteiger partial charge on any atom is -0.462 e. The van der Waals surface area contributed by atoms with E-state index in [2.05, 4.69) is 19.9 Å². The predicted molar refractivity (Wildman–Crippen MR) is 115 cm³/mol.